The van der Waals surface area contributed by atoms with E-state index < -0.39 is 0 Å². The van der Waals surface area contributed by atoms with Gasteiger partial charge in [0.2, 0.25) is 5.13 Å². The highest BCUT2D eigenvalue weighted by Gasteiger charge is 2.20. The molecule has 0 bridgehead atoms. The van der Waals surface area contributed by atoms with Gasteiger partial charge in [0.15, 0.2) is 0 Å². The average molecular weight is 509 g/mol. The lowest BCUT2D eigenvalue weighted by molar-refractivity contribution is 0.240. The number of amides is 2. The van der Waals surface area contributed by atoms with Crippen LogP contribution in [0.2, 0.25) is 10.0 Å². The smallest absolute Gasteiger partial charge is 0.319 e. The van der Waals surface area contributed by atoms with E-state index in [0.717, 1.165) is 49.2 Å². The number of aromatic nitrogens is 2. The Morgan fingerprint density at radius 3 is 2.61 bits per heavy atom. The molecule has 11 heteroatoms. The predicted octanol–water partition coefficient (Wildman–Crippen LogP) is 4.52. The molecule has 7 nitrogen and oxygen atoms in total. The zero-order valence-electron chi connectivity index (χ0n) is 17.7. The molecule has 1 fully saturated rings. The van der Waals surface area contributed by atoms with Crippen LogP contribution in [0.4, 0.5) is 20.0 Å². The molecule has 3 aromatic rings. The van der Waals surface area contributed by atoms with Crippen LogP contribution in [0.3, 0.4) is 0 Å². The summed E-state index contributed by atoms with van der Waals surface area (Å²) in [7, 11) is 0. The lowest BCUT2D eigenvalue weighted by atomic mass is 10.1. The molecular formula is C22H23Cl2FN6OS. The topological polar surface area (TPSA) is 73.4 Å². The minimum atomic E-state index is -0.319. The molecule has 2 N–H and O–H groups in total. The Morgan fingerprint density at radius 2 is 1.85 bits per heavy atom. The molecule has 0 aliphatic carbocycles. The van der Waals surface area contributed by atoms with E-state index in [1.165, 1.54) is 23.7 Å². The number of hydrogen-bond donors (Lipinski definition) is 2. The van der Waals surface area contributed by atoms with E-state index in [2.05, 4.69) is 29.8 Å². The van der Waals surface area contributed by atoms with E-state index in [1.54, 1.807) is 30.3 Å². The summed E-state index contributed by atoms with van der Waals surface area (Å²) in [6.07, 6.45) is 0.588. The van der Waals surface area contributed by atoms with E-state index in [4.69, 9.17) is 23.2 Å². The third-order valence-electron chi connectivity index (χ3n) is 5.29. The number of nitrogens with zero attached hydrogens (tertiary/aromatic N) is 4. The molecule has 0 radical (unpaired) electrons. The molecule has 1 aromatic heterocycles. The number of halogens is 3. The fraction of sp³-hybridized carbons (Fsp3) is 0.318. The number of nitrogens with one attached hydrogen (secondary N) is 2. The Labute approximate surface area is 205 Å². The largest absolute Gasteiger partial charge is 0.344 e. The van der Waals surface area contributed by atoms with Gasteiger partial charge >= 0.3 is 6.03 Å². The summed E-state index contributed by atoms with van der Waals surface area (Å²) in [4.78, 5) is 21.3. The number of rotatable bonds is 7. The highest BCUT2D eigenvalue weighted by molar-refractivity contribution is 7.09. The van der Waals surface area contributed by atoms with Crippen LogP contribution >= 0.6 is 34.7 Å². The van der Waals surface area contributed by atoms with Gasteiger partial charge in [0.1, 0.15) is 11.6 Å². The van der Waals surface area contributed by atoms with Crippen molar-refractivity contribution in [1.29, 1.82) is 0 Å². The first-order valence-electron chi connectivity index (χ1n) is 10.5. The summed E-state index contributed by atoms with van der Waals surface area (Å²) >= 11 is 13.5. The van der Waals surface area contributed by atoms with Gasteiger partial charge in [-0.05, 0) is 29.8 Å². The van der Waals surface area contributed by atoms with Gasteiger partial charge in [-0.2, -0.15) is 4.37 Å². The van der Waals surface area contributed by atoms with Crippen LogP contribution < -0.4 is 15.5 Å². The molecule has 1 aliphatic heterocycles. The van der Waals surface area contributed by atoms with E-state index in [9.17, 15) is 9.18 Å². The molecule has 0 atom stereocenters. The first-order valence-corrected chi connectivity index (χ1v) is 12.0. The Balaban J connectivity index is 1.18. The van der Waals surface area contributed by atoms with Crippen molar-refractivity contribution >= 4 is 51.6 Å². The molecule has 2 heterocycles. The Morgan fingerprint density at radius 1 is 1.09 bits per heavy atom. The van der Waals surface area contributed by atoms with E-state index in [-0.39, 0.29) is 11.8 Å². The zero-order chi connectivity index (χ0) is 23.2. The number of benzene rings is 2. The van der Waals surface area contributed by atoms with Gasteiger partial charge < -0.3 is 15.5 Å². The molecule has 1 saturated heterocycles. The summed E-state index contributed by atoms with van der Waals surface area (Å²) in [5.74, 6) is 0.504. The van der Waals surface area contributed by atoms with Gasteiger partial charge in [0.25, 0.3) is 0 Å². The lowest BCUT2D eigenvalue weighted by Gasteiger charge is -2.34. The van der Waals surface area contributed by atoms with Crippen LogP contribution in [0.1, 0.15) is 11.4 Å². The van der Waals surface area contributed by atoms with Crippen molar-refractivity contribution < 1.29 is 9.18 Å². The van der Waals surface area contributed by atoms with Crippen molar-refractivity contribution in [3.05, 3.63) is 69.7 Å². The van der Waals surface area contributed by atoms with Crippen molar-refractivity contribution in [3.63, 3.8) is 0 Å². The summed E-state index contributed by atoms with van der Waals surface area (Å²) in [5.41, 5.74) is 1.46. The first-order chi connectivity index (χ1) is 16.0. The third kappa shape index (κ3) is 6.54. The molecule has 174 valence electrons. The van der Waals surface area contributed by atoms with Crippen LogP contribution in [-0.4, -0.2) is 59.6 Å². The molecule has 0 unspecified atom stereocenters. The maximum atomic E-state index is 13.1. The highest BCUT2D eigenvalue weighted by atomic mass is 35.5. The minimum Gasteiger partial charge on any atom is -0.344 e. The highest BCUT2D eigenvalue weighted by Crippen LogP contribution is 2.29. The van der Waals surface area contributed by atoms with Gasteiger partial charge in [-0.25, -0.2) is 14.2 Å². The van der Waals surface area contributed by atoms with Crippen molar-refractivity contribution in [2.24, 2.45) is 0 Å². The average Bonchev–Trinajstić information content (AvgIpc) is 3.27. The number of carbonyl (C=O) groups excluding carboxylic acids is 1. The number of carbonyl (C=O) groups is 1. The second-order valence-corrected chi connectivity index (χ2v) is 9.12. The fourth-order valence-corrected chi connectivity index (χ4v) is 4.57. The standard InChI is InChI=1S/C22H23Cl2FN6OS/c23-17-2-1-3-18(20(17)24)27-21(32)26-8-9-30-10-12-31(13-11-30)22-28-19(29-33-22)14-15-4-6-16(25)7-5-15/h1-7H,8-14H2,(H2,26,27,32). The quantitative estimate of drug-likeness (QED) is 0.490. The molecule has 4 rings (SSSR count). The predicted molar refractivity (Wildman–Crippen MR) is 131 cm³/mol. The first kappa shape index (κ1) is 23.7. The van der Waals surface area contributed by atoms with Gasteiger partial charge in [0, 0.05) is 57.2 Å². The van der Waals surface area contributed by atoms with Crippen molar-refractivity contribution in [2.45, 2.75) is 6.42 Å². The summed E-state index contributed by atoms with van der Waals surface area (Å²) in [6, 6.07) is 11.2. The lowest BCUT2D eigenvalue weighted by Crippen LogP contribution is -2.48. The van der Waals surface area contributed by atoms with Crippen LogP contribution in [0.5, 0.6) is 0 Å². The number of piperazine rings is 1. The minimum absolute atomic E-state index is 0.245. The Kier molecular flexibility index (Phi) is 7.97. The normalized spacial score (nSPS) is 14.3. The Hall–Kier alpha value is -2.46. The van der Waals surface area contributed by atoms with Crippen LogP contribution in [-0.2, 0) is 6.42 Å². The summed E-state index contributed by atoms with van der Waals surface area (Å²) < 4.78 is 17.5. The number of urea groups is 1. The van der Waals surface area contributed by atoms with Gasteiger partial charge in [-0.3, -0.25) is 4.90 Å². The molecule has 0 saturated carbocycles. The maximum Gasteiger partial charge on any atom is 0.319 e. The molecule has 2 amide bonds. The summed E-state index contributed by atoms with van der Waals surface area (Å²) in [5, 5.41) is 7.18. The van der Waals surface area contributed by atoms with Crippen LogP contribution in [0.15, 0.2) is 42.5 Å². The number of hydrogen-bond acceptors (Lipinski definition) is 6. The van der Waals surface area contributed by atoms with Crippen molar-refractivity contribution in [2.75, 3.05) is 49.5 Å². The zero-order valence-corrected chi connectivity index (χ0v) is 20.1. The van der Waals surface area contributed by atoms with Crippen LogP contribution in [0.25, 0.3) is 0 Å². The molecule has 1 aliphatic rings. The van der Waals surface area contributed by atoms with Gasteiger partial charge in [-0.15, -0.1) is 0 Å². The van der Waals surface area contributed by atoms with Crippen molar-refractivity contribution in [1.82, 2.24) is 19.6 Å². The van der Waals surface area contributed by atoms with Crippen molar-refractivity contribution in [3.8, 4) is 0 Å². The molecule has 2 aromatic carbocycles. The molecule has 0 spiro atoms. The molecule has 33 heavy (non-hydrogen) atoms. The second kappa shape index (κ2) is 11.1. The number of anilines is 2. The van der Waals surface area contributed by atoms with E-state index in [0.29, 0.717) is 28.7 Å². The Bertz CT molecular complexity index is 1090. The van der Waals surface area contributed by atoms with E-state index in [1.807, 2.05) is 0 Å². The van der Waals surface area contributed by atoms with Gasteiger partial charge in [0.05, 0.1) is 15.7 Å². The van der Waals surface area contributed by atoms with E-state index >= 15 is 0 Å². The second-order valence-electron chi connectivity index (χ2n) is 7.61. The summed E-state index contributed by atoms with van der Waals surface area (Å²) in [6.45, 7) is 4.69. The SMILES string of the molecule is O=C(NCCN1CCN(c2nc(Cc3ccc(F)cc3)ns2)CC1)Nc1cccc(Cl)c1Cl. The van der Waals surface area contributed by atoms with Crippen LogP contribution in [0, 0.1) is 5.82 Å². The van der Waals surface area contributed by atoms with Gasteiger partial charge in [-0.1, -0.05) is 41.4 Å². The maximum absolute atomic E-state index is 13.1. The monoisotopic (exact) mass is 508 g/mol. The third-order valence-corrected chi connectivity index (χ3v) is 6.92. The fourth-order valence-electron chi connectivity index (χ4n) is 3.49. The molecular weight excluding hydrogens is 486 g/mol.